The lowest BCUT2D eigenvalue weighted by Crippen LogP contribution is -2.51. The van der Waals surface area contributed by atoms with Crippen molar-refractivity contribution >= 4 is 12.1 Å². The molecule has 0 bridgehead atoms. The van der Waals surface area contributed by atoms with Crippen LogP contribution in [0.2, 0.25) is 0 Å². The fraction of sp³-hybridized carbons (Fsp3) is 0.429. The van der Waals surface area contributed by atoms with E-state index in [1.54, 1.807) is 4.90 Å². The van der Waals surface area contributed by atoms with Crippen molar-refractivity contribution in [2.24, 2.45) is 5.92 Å². The smallest absolute Gasteiger partial charge is 0.409 e. The van der Waals surface area contributed by atoms with Crippen LogP contribution in [0.3, 0.4) is 0 Å². The van der Waals surface area contributed by atoms with Gasteiger partial charge in [-0.3, -0.25) is 0 Å². The number of amides is 1. The van der Waals surface area contributed by atoms with Crippen LogP contribution in [0.5, 0.6) is 0 Å². The molecular formula is C28H31NO4. The molecule has 2 aromatic carbocycles. The summed E-state index contributed by atoms with van der Waals surface area (Å²) in [4.78, 5) is 27.6. The van der Waals surface area contributed by atoms with Gasteiger partial charge in [0.1, 0.15) is 0 Å². The highest BCUT2D eigenvalue weighted by atomic mass is 16.6. The van der Waals surface area contributed by atoms with Gasteiger partial charge in [-0.15, -0.1) is 0 Å². The number of aryl methyl sites for hydroxylation is 3. The van der Waals surface area contributed by atoms with Crippen molar-refractivity contribution in [2.75, 3.05) is 13.7 Å². The summed E-state index contributed by atoms with van der Waals surface area (Å²) < 4.78 is 11.4. The monoisotopic (exact) mass is 445 g/mol. The predicted octanol–water partition coefficient (Wildman–Crippen LogP) is 5.20. The third-order valence-corrected chi connectivity index (χ3v) is 6.93. The van der Waals surface area contributed by atoms with E-state index in [0.29, 0.717) is 18.5 Å². The molecule has 1 saturated carbocycles. The molecule has 5 nitrogen and oxygen atoms in total. The fourth-order valence-electron chi connectivity index (χ4n) is 5.24. The number of hydrogen-bond donors (Lipinski definition) is 0. The summed E-state index contributed by atoms with van der Waals surface area (Å²) in [5.41, 5.74) is 3.51. The van der Waals surface area contributed by atoms with Crippen molar-refractivity contribution in [3.8, 4) is 11.8 Å². The molecule has 172 valence electrons. The summed E-state index contributed by atoms with van der Waals surface area (Å²) >= 11 is 0. The van der Waals surface area contributed by atoms with E-state index in [2.05, 4.69) is 11.8 Å². The van der Waals surface area contributed by atoms with Gasteiger partial charge in [0.05, 0.1) is 12.7 Å². The van der Waals surface area contributed by atoms with Gasteiger partial charge < -0.3 is 14.4 Å². The number of esters is 1. The number of carbonyl (C=O) groups excluding carboxylic acids is 2. The molecule has 5 heteroatoms. The molecule has 1 saturated heterocycles. The van der Waals surface area contributed by atoms with Crippen LogP contribution in [-0.2, 0) is 9.47 Å². The SMILES string of the molecule is COC(=O)N1CC[C@@H]2[C@H]1CCC[C@]2(C#Cc1cccc(C)c1)OC(=O)c1cc(C)ccc1C. The number of likely N-dealkylation sites (tertiary alicyclic amines) is 1. The minimum absolute atomic E-state index is 0.0515. The molecule has 33 heavy (non-hydrogen) atoms. The van der Waals surface area contributed by atoms with E-state index in [1.165, 1.54) is 7.11 Å². The third-order valence-electron chi connectivity index (χ3n) is 6.93. The Kier molecular flexibility index (Phi) is 6.47. The lowest BCUT2D eigenvalue weighted by atomic mass is 9.72. The van der Waals surface area contributed by atoms with Gasteiger partial charge in [-0.1, -0.05) is 35.7 Å². The maximum Gasteiger partial charge on any atom is 0.409 e. The second-order valence-electron chi connectivity index (χ2n) is 9.24. The van der Waals surface area contributed by atoms with Gasteiger partial charge >= 0.3 is 12.1 Å². The van der Waals surface area contributed by atoms with Crippen molar-refractivity contribution < 1.29 is 19.1 Å². The number of methoxy groups -OCH3 is 1. The van der Waals surface area contributed by atoms with Gasteiger partial charge in [-0.25, -0.2) is 9.59 Å². The molecule has 1 amide bonds. The summed E-state index contributed by atoms with van der Waals surface area (Å²) in [6, 6.07) is 13.8. The van der Waals surface area contributed by atoms with E-state index in [0.717, 1.165) is 41.5 Å². The first-order valence-electron chi connectivity index (χ1n) is 11.6. The van der Waals surface area contributed by atoms with Gasteiger partial charge in [0.15, 0.2) is 5.60 Å². The van der Waals surface area contributed by atoms with E-state index >= 15 is 0 Å². The number of ether oxygens (including phenoxy) is 2. The molecule has 0 aromatic heterocycles. The van der Waals surface area contributed by atoms with Crippen LogP contribution in [0.15, 0.2) is 42.5 Å². The lowest BCUT2D eigenvalue weighted by Gasteiger charge is -2.42. The first-order valence-corrected chi connectivity index (χ1v) is 11.6. The Balaban J connectivity index is 1.74. The van der Waals surface area contributed by atoms with Crippen molar-refractivity contribution in [3.05, 3.63) is 70.3 Å². The second-order valence-corrected chi connectivity index (χ2v) is 9.24. The molecule has 1 aliphatic carbocycles. The molecule has 0 spiro atoms. The van der Waals surface area contributed by atoms with E-state index < -0.39 is 5.60 Å². The highest BCUT2D eigenvalue weighted by Gasteiger charge is 2.54. The number of rotatable bonds is 2. The highest BCUT2D eigenvalue weighted by Crippen LogP contribution is 2.45. The first-order chi connectivity index (χ1) is 15.8. The summed E-state index contributed by atoms with van der Waals surface area (Å²) in [5, 5.41) is 0. The van der Waals surface area contributed by atoms with Crippen LogP contribution in [0, 0.1) is 38.5 Å². The lowest BCUT2D eigenvalue weighted by molar-refractivity contribution is -0.0445. The van der Waals surface area contributed by atoms with E-state index in [9.17, 15) is 9.59 Å². The van der Waals surface area contributed by atoms with Gasteiger partial charge in [0, 0.05) is 24.1 Å². The quantitative estimate of drug-likeness (QED) is 0.471. The summed E-state index contributed by atoms with van der Waals surface area (Å²) in [5.74, 6) is 6.26. The summed E-state index contributed by atoms with van der Waals surface area (Å²) in [6.07, 6.45) is 2.72. The van der Waals surface area contributed by atoms with Crippen molar-refractivity contribution in [1.29, 1.82) is 0 Å². The van der Waals surface area contributed by atoms with Crippen LogP contribution in [0.4, 0.5) is 4.79 Å². The molecule has 2 aliphatic rings. The number of benzene rings is 2. The van der Waals surface area contributed by atoms with Crippen molar-refractivity contribution in [2.45, 2.75) is 58.1 Å². The number of fused-ring (bicyclic) bond motifs is 1. The van der Waals surface area contributed by atoms with Crippen LogP contribution in [0.25, 0.3) is 0 Å². The zero-order valence-corrected chi connectivity index (χ0v) is 19.8. The van der Waals surface area contributed by atoms with E-state index in [1.807, 2.05) is 63.2 Å². The first kappa shape index (κ1) is 22.9. The van der Waals surface area contributed by atoms with Crippen molar-refractivity contribution in [3.63, 3.8) is 0 Å². The van der Waals surface area contributed by atoms with Crippen LogP contribution < -0.4 is 0 Å². The van der Waals surface area contributed by atoms with E-state index in [4.69, 9.17) is 9.47 Å². The Labute approximate surface area is 196 Å². The molecule has 2 aromatic rings. The Hall–Kier alpha value is -3.26. The van der Waals surface area contributed by atoms with Gasteiger partial charge in [-0.05, 0) is 81.7 Å². The summed E-state index contributed by atoms with van der Waals surface area (Å²) in [6.45, 7) is 6.49. The largest absolute Gasteiger partial charge is 0.453 e. The normalized spacial score (nSPS) is 23.8. The Morgan fingerprint density at radius 2 is 1.85 bits per heavy atom. The van der Waals surface area contributed by atoms with E-state index in [-0.39, 0.29) is 24.0 Å². The molecular weight excluding hydrogens is 414 g/mol. The third kappa shape index (κ3) is 4.61. The zero-order valence-electron chi connectivity index (χ0n) is 19.8. The van der Waals surface area contributed by atoms with Crippen molar-refractivity contribution in [1.82, 2.24) is 4.90 Å². The second kappa shape index (κ2) is 9.31. The summed E-state index contributed by atoms with van der Waals surface area (Å²) in [7, 11) is 1.41. The number of carbonyl (C=O) groups is 2. The maximum atomic E-state index is 13.4. The molecule has 0 N–H and O–H groups in total. The molecule has 3 atom stereocenters. The average Bonchev–Trinajstić information content (AvgIpc) is 3.24. The zero-order chi connectivity index (χ0) is 23.6. The Morgan fingerprint density at radius 1 is 1.06 bits per heavy atom. The van der Waals surface area contributed by atoms with Gasteiger partial charge in [0.25, 0.3) is 0 Å². The minimum atomic E-state index is -0.956. The molecule has 1 heterocycles. The van der Waals surface area contributed by atoms with Gasteiger partial charge in [-0.2, -0.15) is 0 Å². The van der Waals surface area contributed by atoms with Gasteiger partial charge in [0.2, 0.25) is 0 Å². The Bertz CT molecular complexity index is 1130. The fourth-order valence-corrected chi connectivity index (χ4v) is 5.24. The highest BCUT2D eigenvalue weighted by molar-refractivity contribution is 5.91. The predicted molar refractivity (Wildman–Crippen MR) is 127 cm³/mol. The Morgan fingerprint density at radius 3 is 2.61 bits per heavy atom. The molecule has 4 rings (SSSR count). The topological polar surface area (TPSA) is 55.8 Å². The average molecular weight is 446 g/mol. The molecule has 2 fully saturated rings. The standard InChI is InChI=1S/C28H31NO4/c1-19-7-5-8-22(17-19)12-15-28(33-26(30)23-18-20(2)10-11-21(23)3)14-6-9-25-24(28)13-16-29(25)27(31)32-4/h5,7-8,10-11,17-18,24-25H,6,9,13-14,16H2,1-4H3/t24-,25-,28-/m1/s1. The maximum absolute atomic E-state index is 13.4. The molecule has 0 unspecified atom stereocenters. The van der Waals surface area contributed by atoms with Crippen LogP contribution in [0.1, 0.15) is 58.3 Å². The minimum Gasteiger partial charge on any atom is -0.453 e. The van der Waals surface area contributed by atoms with Crippen LogP contribution >= 0.6 is 0 Å². The van der Waals surface area contributed by atoms with Crippen LogP contribution in [-0.4, -0.2) is 42.3 Å². The number of hydrogen-bond acceptors (Lipinski definition) is 4. The molecule has 0 radical (unpaired) electrons. The number of nitrogens with zero attached hydrogens (tertiary/aromatic N) is 1. The molecule has 1 aliphatic heterocycles.